The number of carbonyl (C=O) groups excluding carboxylic acids is 1. The summed E-state index contributed by atoms with van der Waals surface area (Å²) in [5.74, 6) is 0.786. The average molecular weight is 440 g/mol. The summed E-state index contributed by atoms with van der Waals surface area (Å²) < 4.78 is 5.89. The smallest absolute Gasteiger partial charge is 0.216 e. The van der Waals surface area contributed by atoms with Gasteiger partial charge in [0.05, 0.1) is 6.10 Å². The summed E-state index contributed by atoms with van der Waals surface area (Å²) in [6.45, 7) is 7.20. The highest BCUT2D eigenvalue weighted by Gasteiger charge is 2.12. The third-order valence-electron chi connectivity index (χ3n) is 3.61. The summed E-state index contributed by atoms with van der Waals surface area (Å²) in [6.07, 6.45) is 7.84. The third-order valence-corrected chi connectivity index (χ3v) is 3.61. The molecule has 0 aliphatic heterocycles. The van der Waals surface area contributed by atoms with E-state index in [2.05, 4.69) is 20.9 Å². The minimum Gasteiger partial charge on any atom is -0.378 e. The van der Waals surface area contributed by atoms with Gasteiger partial charge in [-0.2, -0.15) is 0 Å². The Bertz CT molecular complexity index is 334. The number of hydrogen-bond donors (Lipinski definition) is 3. The van der Waals surface area contributed by atoms with Crippen LogP contribution in [0.15, 0.2) is 4.99 Å². The van der Waals surface area contributed by atoms with Crippen LogP contribution in [-0.4, -0.2) is 50.8 Å². The normalized spacial score (nSPS) is 15.7. The molecule has 0 aromatic rings. The van der Waals surface area contributed by atoms with Crippen LogP contribution in [-0.2, 0) is 9.53 Å². The largest absolute Gasteiger partial charge is 0.378 e. The molecule has 0 saturated heterocycles. The summed E-state index contributed by atoms with van der Waals surface area (Å²) in [4.78, 5) is 15.3. The number of guanidine groups is 1. The van der Waals surface area contributed by atoms with E-state index in [0.717, 1.165) is 32.1 Å². The van der Waals surface area contributed by atoms with Gasteiger partial charge in [-0.1, -0.05) is 19.3 Å². The second-order valence-corrected chi connectivity index (χ2v) is 5.65. The summed E-state index contributed by atoms with van der Waals surface area (Å²) in [5.41, 5.74) is 0. The number of halogens is 1. The Morgan fingerprint density at radius 1 is 1.13 bits per heavy atom. The number of amides is 1. The summed E-state index contributed by atoms with van der Waals surface area (Å²) in [5, 5.41) is 9.15. The van der Waals surface area contributed by atoms with E-state index in [1.807, 2.05) is 6.92 Å². The maximum absolute atomic E-state index is 10.8. The standard InChI is InChI=1S/C16H32N4O2.HI/c1-3-17-16(20-12-11-18-14(2)21)19-10-7-13-22-15-8-5-4-6-9-15;/h15H,3-13H2,1-2H3,(H,18,21)(H2,17,19,20);1H. The number of aliphatic imine (C=N–C) groups is 1. The van der Waals surface area contributed by atoms with Gasteiger partial charge in [0, 0.05) is 39.7 Å². The van der Waals surface area contributed by atoms with Crippen LogP contribution in [0.4, 0.5) is 0 Å². The van der Waals surface area contributed by atoms with E-state index < -0.39 is 0 Å². The van der Waals surface area contributed by atoms with Crippen LogP contribution in [0.5, 0.6) is 0 Å². The molecule has 0 radical (unpaired) electrons. The molecular formula is C16H33IN4O2. The van der Waals surface area contributed by atoms with Gasteiger partial charge in [0.15, 0.2) is 5.96 Å². The van der Waals surface area contributed by atoms with Crippen LogP contribution < -0.4 is 16.0 Å². The molecule has 23 heavy (non-hydrogen) atoms. The van der Waals surface area contributed by atoms with E-state index in [9.17, 15) is 4.79 Å². The average Bonchev–Trinajstić information content (AvgIpc) is 2.52. The molecule has 1 amide bonds. The highest BCUT2D eigenvalue weighted by Crippen LogP contribution is 2.20. The molecule has 1 aliphatic carbocycles. The highest BCUT2D eigenvalue weighted by molar-refractivity contribution is 14.0. The Balaban J connectivity index is 0.00000484. The van der Waals surface area contributed by atoms with Crippen molar-refractivity contribution in [2.24, 2.45) is 4.99 Å². The predicted octanol–water partition coefficient (Wildman–Crippen LogP) is 2.04. The minimum atomic E-state index is -0.0106. The lowest BCUT2D eigenvalue weighted by Gasteiger charge is -2.21. The molecule has 0 spiro atoms. The second-order valence-electron chi connectivity index (χ2n) is 5.65. The Morgan fingerprint density at radius 3 is 2.48 bits per heavy atom. The summed E-state index contributed by atoms with van der Waals surface area (Å²) >= 11 is 0. The van der Waals surface area contributed by atoms with E-state index in [-0.39, 0.29) is 29.9 Å². The molecular weight excluding hydrogens is 407 g/mol. The number of nitrogens with one attached hydrogen (secondary N) is 3. The van der Waals surface area contributed by atoms with Crippen molar-refractivity contribution in [3.8, 4) is 0 Å². The lowest BCUT2D eigenvalue weighted by atomic mass is 9.98. The number of hydrogen-bond acceptors (Lipinski definition) is 3. The van der Waals surface area contributed by atoms with Gasteiger partial charge in [0.25, 0.3) is 0 Å². The molecule has 0 heterocycles. The van der Waals surface area contributed by atoms with Crippen LogP contribution in [0.1, 0.15) is 52.4 Å². The van der Waals surface area contributed by atoms with Gasteiger partial charge < -0.3 is 20.7 Å². The topological polar surface area (TPSA) is 74.8 Å². The third kappa shape index (κ3) is 12.5. The van der Waals surface area contributed by atoms with Crippen LogP contribution in [0.3, 0.4) is 0 Å². The van der Waals surface area contributed by atoms with Gasteiger partial charge in [-0.05, 0) is 26.2 Å². The number of ether oxygens (including phenoxy) is 1. The first-order valence-electron chi connectivity index (χ1n) is 8.60. The molecule has 3 N–H and O–H groups in total. The summed E-state index contributed by atoms with van der Waals surface area (Å²) in [6, 6.07) is 0. The fraction of sp³-hybridized carbons (Fsp3) is 0.875. The molecule has 0 aromatic heterocycles. The van der Waals surface area contributed by atoms with Gasteiger partial charge >= 0.3 is 0 Å². The van der Waals surface area contributed by atoms with Gasteiger partial charge in [0.2, 0.25) is 5.91 Å². The predicted molar refractivity (Wildman–Crippen MR) is 106 cm³/mol. The van der Waals surface area contributed by atoms with Gasteiger partial charge in [-0.25, -0.2) is 0 Å². The van der Waals surface area contributed by atoms with Crippen molar-refractivity contribution in [2.45, 2.75) is 58.5 Å². The molecule has 0 unspecified atom stereocenters. The molecule has 136 valence electrons. The van der Waals surface area contributed by atoms with E-state index in [0.29, 0.717) is 19.2 Å². The fourth-order valence-corrected chi connectivity index (χ4v) is 2.50. The Morgan fingerprint density at radius 2 is 1.83 bits per heavy atom. The lowest BCUT2D eigenvalue weighted by molar-refractivity contribution is -0.118. The van der Waals surface area contributed by atoms with E-state index >= 15 is 0 Å². The SMILES string of the molecule is CCNC(=NCCCOC1CCCCC1)NCCNC(C)=O.I. The van der Waals surface area contributed by atoms with Crippen molar-refractivity contribution < 1.29 is 9.53 Å². The number of nitrogens with zero attached hydrogens (tertiary/aromatic N) is 1. The Hall–Kier alpha value is -0.570. The monoisotopic (exact) mass is 440 g/mol. The zero-order valence-electron chi connectivity index (χ0n) is 14.5. The summed E-state index contributed by atoms with van der Waals surface area (Å²) in [7, 11) is 0. The van der Waals surface area contributed by atoms with Gasteiger partial charge in [-0.15, -0.1) is 24.0 Å². The zero-order chi connectivity index (χ0) is 16.0. The van der Waals surface area contributed by atoms with Gasteiger partial charge in [-0.3, -0.25) is 9.79 Å². The Labute approximate surface area is 157 Å². The molecule has 1 aliphatic rings. The van der Waals surface area contributed by atoms with E-state index in [1.165, 1.54) is 39.0 Å². The van der Waals surface area contributed by atoms with Crippen LogP contribution in [0.2, 0.25) is 0 Å². The van der Waals surface area contributed by atoms with Crippen molar-refractivity contribution in [1.82, 2.24) is 16.0 Å². The quantitative estimate of drug-likeness (QED) is 0.222. The number of rotatable bonds is 9. The molecule has 1 fully saturated rings. The molecule has 1 saturated carbocycles. The molecule has 0 aromatic carbocycles. The van der Waals surface area contributed by atoms with Crippen molar-refractivity contribution in [3.63, 3.8) is 0 Å². The maximum Gasteiger partial charge on any atom is 0.216 e. The Kier molecular flexibility index (Phi) is 14.6. The minimum absolute atomic E-state index is 0. The molecule has 0 atom stereocenters. The fourth-order valence-electron chi connectivity index (χ4n) is 2.50. The lowest BCUT2D eigenvalue weighted by Crippen LogP contribution is -2.41. The van der Waals surface area contributed by atoms with Crippen molar-refractivity contribution in [1.29, 1.82) is 0 Å². The van der Waals surface area contributed by atoms with E-state index in [4.69, 9.17) is 4.74 Å². The van der Waals surface area contributed by atoms with Crippen LogP contribution in [0.25, 0.3) is 0 Å². The first-order chi connectivity index (χ1) is 10.7. The molecule has 6 nitrogen and oxygen atoms in total. The van der Waals surface area contributed by atoms with Crippen LogP contribution >= 0.6 is 24.0 Å². The first kappa shape index (κ1) is 22.4. The molecule has 0 bridgehead atoms. The highest BCUT2D eigenvalue weighted by atomic mass is 127. The van der Waals surface area contributed by atoms with Crippen molar-refractivity contribution in [2.75, 3.05) is 32.8 Å². The second kappa shape index (κ2) is 15.0. The maximum atomic E-state index is 10.8. The van der Waals surface area contributed by atoms with Crippen LogP contribution in [0, 0.1) is 0 Å². The first-order valence-corrected chi connectivity index (χ1v) is 8.60. The molecule has 7 heteroatoms. The number of carbonyl (C=O) groups is 1. The van der Waals surface area contributed by atoms with Gasteiger partial charge in [0.1, 0.15) is 0 Å². The van der Waals surface area contributed by atoms with Crippen molar-refractivity contribution >= 4 is 35.8 Å². The van der Waals surface area contributed by atoms with Crippen molar-refractivity contribution in [3.05, 3.63) is 0 Å². The molecule has 1 rings (SSSR count). The van der Waals surface area contributed by atoms with E-state index in [1.54, 1.807) is 0 Å². The zero-order valence-corrected chi connectivity index (χ0v) is 16.9.